The second-order valence-corrected chi connectivity index (χ2v) is 3.40. The van der Waals surface area contributed by atoms with Crippen molar-refractivity contribution >= 4 is 5.97 Å². The van der Waals surface area contributed by atoms with Crippen LogP contribution in [0.25, 0.3) is 0 Å². The van der Waals surface area contributed by atoms with Gasteiger partial charge < -0.3 is 14.0 Å². The minimum atomic E-state index is -0.172. The molecule has 5 nitrogen and oxygen atoms in total. The van der Waals surface area contributed by atoms with E-state index in [0.717, 1.165) is 12.2 Å². The van der Waals surface area contributed by atoms with E-state index in [1.54, 1.807) is 20.4 Å². The van der Waals surface area contributed by atoms with Crippen LogP contribution in [0.1, 0.15) is 19.0 Å². The average molecular weight is 226 g/mol. The van der Waals surface area contributed by atoms with Gasteiger partial charge in [-0.3, -0.25) is 4.79 Å². The van der Waals surface area contributed by atoms with E-state index in [0.29, 0.717) is 26.1 Å². The van der Waals surface area contributed by atoms with Crippen LogP contribution in [0.5, 0.6) is 0 Å². The number of hydrogen-bond acceptors (Lipinski definition) is 4. The lowest BCUT2D eigenvalue weighted by Gasteiger charge is -2.00. The van der Waals surface area contributed by atoms with Gasteiger partial charge in [0, 0.05) is 26.3 Å². The smallest absolute Gasteiger partial charge is 0.306 e. The number of ether oxygens (including phenoxy) is 2. The second kappa shape index (κ2) is 7.00. The van der Waals surface area contributed by atoms with Gasteiger partial charge in [-0.05, 0) is 6.92 Å². The molecule has 1 aromatic heterocycles. The quantitative estimate of drug-likeness (QED) is 0.651. The minimum absolute atomic E-state index is 0.172. The number of hydrogen-bond donors (Lipinski definition) is 0. The number of carbonyl (C=O) groups is 1. The van der Waals surface area contributed by atoms with Crippen molar-refractivity contribution in [3.8, 4) is 0 Å². The molecule has 0 spiro atoms. The molecule has 0 radical (unpaired) electrons. The van der Waals surface area contributed by atoms with Gasteiger partial charge in [-0.15, -0.1) is 0 Å². The summed E-state index contributed by atoms with van der Waals surface area (Å²) in [7, 11) is 1.67. The standard InChI is InChI=1S/C11H18N2O3/c1-3-16-11(14)5-4-10-8-13(9-12-10)6-7-15-2/h8-9H,3-7H2,1-2H3. The second-order valence-electron chi connectivity index (χ2n) is 3.40. The largest absolute Gasteiger partial charge is 0.466 e. The van der Waals surface area contributed by atoms with E-state index in [1.165, 1.54) is 0 Å². The molecule has 0 aromatic carbocycles. The summed E-state index contributed by atoms with van der Waals surface area (Å²) in [6, 6.07) is 0. The Morgan fingerprint density at radius 3 is 3.06 bits per heavy atom. The lowest BCUT2D eigenvalue weighted by Crippen LogP contribution is -2.05. The Morgan fingerprint density at radius 1 is 1.56 bits per heavy atom. The van der Waals surface area contributed by atoms with Crippen LogP contribution in [-0.2, 0) is 27.2 Å². The molecule has 16 heavy (non-hydrogen) atoms. The molecule has 0 saturated heterocycles. The highest BCUT2D eigenvalue weighted by atomic mass is 16.5. The predicted molar refractivity (Wildman–Crippen MR) is 59.1 cm³/mol. The van der Waals surface area contributed by atoms with Gasteiger partial charge in [0.05, 0.1) is 31.7 Å². The maximum absolute atomic E-state index is 11.1. The summed E-state index contributed by atoms with van der Waals surface area (Å²) in [4.78, 5) is 15.3. The lowest BCUT2D eigenvalue weighted by atomic mass is 10.2. The molecule has 1 heterocycles. The van der Waals surface area contributed by atoms with E-state index < -0.39 is 0 Å². The third-order valence-electron chi connectivity index (χ3n) is 2.13. The first-order valence-electron chi connectivity index (χ1n) is 5.41. The molecular weight excluding hydrogens is 208 g/mol. The highest BCUT2D eigenvalue weighted by Crippen LogP contribution is 2.01. The van der Waals surface area contributed by atoms with E-state index in [2.05, 4.69) is 4.98 Å². The minimum Gasteiger partial charge on any atom is -0.466 e. The van der Waals surface area contributed by atoms with Crippen LogP contribution in [0.2, 0.25) is 0 Å². The van der Waals surface area contributed by atoms with E-state index >= 15 is 0 Å². The van der Waals surface area contributed by atoms with Crippen molar-refractivity contribution in [2.24, 2.45) is 0 Å². The lowest BCUT2D eigenvalue weighted by molar-refractivity contribution is -0.143. The van der Waals surface area contributed by atoms with Gasteiger partial charge in [0.15, 0.2) is 0 Å². The van der Waals surface area contributed by atoms with Crippen LogP contribution in [-0.4, -0.2) is 35.8 Å². The molecule has 90 valence electrons. The molecular formula is C11H18N2O3. The number of aryl methyl sites for hydroxylation is 1. The maximum atomic E-state index is 11.1. The van der Waals surface area contributed by atoms with Gasteiger partial charge in [0.2, 0.25) is 0 Å². The first-order chi connectivity index (χ1) is 7.76. The van der Waals surface area contributed by atoms with Crippen LogP contribution in [0.15, 0.2) is 12.5 Å². The van der Waals surface area contributed by atoms with Gasteiger partial charge in [-0.25, -0.2) is 4.98 Å². The fraction of sp³-hybridized carbons (Fsp3) is 0.636. The number of methoxy groups -OCH3 is 1. The number of aromatic nitrogens is 2. The molecule has 0 aliphatic heterocycles. The summed E-state index contributed by atoms with van der Waals surface area (Å²) in [5.74, 6) is -0.172. The zero-order chi connectivity index (χ0) is 11.8. The summed E-state index contributed by atoms with van der Waals surface area (Å²) in [6.07, 6.45) is 4.69. The molecule has 1 aromatic rings. The number of imidazole rings is 1. The Hall–Kier alpha value is -1.36. The Kier molecular flexibility index (Phi) is 5.56. The third kappa shape index (κ3) is 4.44. The predicted octanol–water partition coefficient (Wildman–Crippen LogP) is 1.03. The van der Waals surface area contributed by atoms with Crippen molar-refractivity contribution in [3.05, 3.63) is 18.2 Å². The molecule has 1 rings (SSSR count). The Labute approximate surface area is 95.4 Å². The summed E-state index contributed by atoms with van der Waals surface area (Å²) in [5, 5.41) is 0. The number of nitrogens with zero attached hydrogens (tertiary/aromatic N) is 2. The molecule has 0 amide bonds. The Bertz CT molecular complexity index is 323. The first kappa shape index (κ1) is 12.7. The normalized spacial score (nSPS) is 10.4. The number of carbonyl (C=O) groups excluding carboxylic acids is 1. The number of rotatable bonds is 7. The van der Waals surface area contributed by atoms with E-state index in [1.807, 2.05) is 10.8 Å². The van der Waals surface area contributed by atoms with E-state index in [-0.39, 0.29) is 5.97 Å². The molecule has 0 aliphatic rings. The average Bonchev–Trinajstić information content (AvgIpc) is 2.72. The van der Waals surface area contributed by atoms with Gasteiger partial charge in [0.1, 0.15) is 0 Å². The highest BCUT2D eigenvalue weighted by molar-refractivity contribution is 5.69. The summed E-state index contributed by atoms with van der Waals surface area (Å²) >= 11 is 0. The van der Waals surface area contributed by atoms with Gasteiger partial charge in [-0.1, -0.05) is 0 Å². The Balaban J connectivity index is 2.31. The van der Waals surface area contributed by atoms with Crippen LogP contribution < -0.4 is 0 Å². The van der Waals surface area contributed by atoms with Gasteiger partial charge >= 0.3 is 5.97 Å². The zero-order valence-electron chi connectivity index (χ0n) is 9.81. The van der Waals surface area contributed by atoms with E-state index in [9.17, 15) is 4.79 Å². The van der Waals surface area contributed by atoms with Crippen molar-refractivity contribution < 1.29 is 14.3 Å². The molecule has 0 saturated carbocycles. The van der Waals surface area contributed by atoms with Crippen molar-refractivity contribution in [1.29, 1.82) is 0 Å². The van der Waals surface area contributed by atoms with Crippen LogP contribution >= 0.6 is 0 Å². The van der Waals surface area contributed by atoms with Crippen LogP contribution in [0.4, 0.5) is 0 Å². The van der Waals surface area contributed by atoms with Crippen molar-refractivity contribution in [1.82, 2.24) is 9.55 Å². The van der Waals surface area contributed by atoms with Gasteiger partial charge in [-0.2, -0.15) is 0 Å². The highest BCUT2D eigenvalue weighted by Gasteiger charge is 2.04. The zero-order valence-corrected chi connectivity index (χ0v) is 9.81. The summed E-state index contributed by atoms with van der Waals surface area (Å²) in [6.45, 7) is 3.68. The third-order valence-corrected chi connectivity index (χ3v) is 2.13. The topological polar surface area (TPSA) is 53.4 Å². The fourth-order valence-electron chi connectivity index (χ4n) is 1.32. The van der Waals surface area contributed by atoms with Crippen molar-refractivity contribution in [2.75, 3.05) is 20.3 Å². The molecule has 0 fully saturated rings. The van der Waals surface area contributed by atoms with Crippen molar-refractivity contribution in [2.45, 2.75) is 26.3 Å². The molecule has 0 unspecified atom stereocenters. The summed E-state index contributed by atoms with van der Waals surface area (Å²) < 4.78 is 11.8. The monoisotopic (exact) mass is 226 g/mol. The van der Waals surface area contributed by atoms with Crippen LogP contribution in [0, 0.1) is 0 Å². The Morgan fingerprint density at radius 2 is 2.38 bits per heavy atom. The fourth-order valence-corrected chi connectivity index (χ4v) is 1.32. The molecule has 0 atom stereocenters. The summed E-state index contributed by atoms with van der Waals surface area (Å²) in [5.41, 5.74) is 0.907. The molecule has 0 bridgehead atoms. The molecule has 5 heteroatoms. The maximum Gasteiger partial charge on any atom is 0.306 e. The first-order valence-corrected chi connectivity index (χ1v) is 5.41. The van der Waals surface area contributed by atoms with Gasteiger partial charge in [0.25, 0.3) is 0 Å². The number of esters is 1. The van der Waals surface area contributed by atoms with Crippen LogP contribution in [0.3, 0.4) is 0 Å². The molecule has 0 aliphatic carbocycles. The SMILES string of the molecule is CCOC(=O)CCc1cn(CCOC)cn1. The molecule has 0 N–H and O–H groups in total. The van der Waals surface area contributed by atoms with E-state index in [4.69, 9.17) is 9.47 Å². The van der Waals surface area contributed by atoms with Crippen molar-refractivity contribution in [3.63, 3.8) is 0 Å².